The van der Waals surface area contributed by atoms with Crippen molar-refractivity contribution >= 4 is 41.2 Å². The molecular weight excluding hydrogens is 362 g/mol. The molecule has 0 radical (unpaired) electrons. The van der Waals surface area contributed by atoms with E-state index in [1.165, 1.54) is 9.80 Å². The molecule has 0 saturated carbocycles. The third kappa shape index (κ3) is 4.10. The molecule has 2 aliphatic heterocycles. The highest BCUT2D eigenvalue weighted by Gasteiger charge is 2.33. The summed E-state index contributed by atoms with van der Waals surface area (Å²) in [6, 6.07) is 5.42. The molecule has 8 heteroatoms. The van der Waals surface area contributed by atoms with E-state index >= 15 is 0 Å². The molecule has 0 bridgehead atoms. The summed E-state index contributed by atoms with van der Waals surface area (Å²) in [6.07, 6.45) is 1.60. The second-order valence-electron chi connectivity index (χ2n) is 6.23. The number of nitrogens with one attached hydrogen (secondary N) is 1. The predicted octanol–water partition coefficient (Wildman–Crippen LogP) is 2.67. The van der Waals surface area contributed by atoms with Crippen molar-refractivity contribution in [2.24, 2.45) is 0 Å². The summed E-state index contributed by atoms with van der Waals surface area (Å²) in [6.45, 7) is 0.390. The first-order valence-electron chi connectivity index (χ1n) is 8.23. The molecule has 2 heterocycles. The summed E-state index contributed by atoms with van der Waals surface area (Å²) in [4.78, 5) is 39.5. The van der Waals surface area contributed by atoms with Crippen LogP contribution in [0.1, 0.15) is 30.9 Å². The fraction of sp³-hybridized carbons (Fsp3) is 0.471. The van der Waals surface area contributed by atoms with Gasteiger partial charge in [0.1, 0.15) is 6.54 Å². The van der Waals surface area contributed by atoms with Crippen molar-refractivity contribution in [1.29, 1.82) is 0 Å². The number of hydrogen-bond acceptors (Lipinski definition) is 4. The van der Waals surface area contributed by atoms with E-state index in [9.17, 15) is 14.4 Å². The molecule has 1 atom stereocenters. The first-order valence-corrected chi connectivity index (χ1v) is 9.59. The number of benzene rings is 1. The van der Waals surface area contributed by atoms with Crippen LogP contribution in [-0.4, -0.2) is 53.5 Å². The molecule has 1 N–H and O–H groups in total. The highest BCUT2D eigenvalue weighted by molar-refractivity contribution is 7.99. The van der Waals surface area contributed by atoms with Crippen molar-refractivity contribution in [3.8, 4) is 0 Å². The van der Waals surface area contributed by atoms with Gasteiger partial charge in [-0.1, -0.05) is 11.6 Å². The van der Waals surface area contributed by atoms with E-state index in [0.717, 1.165) is 22.6 Å². The molecule has 1 aromatic rings. The number of amides is 4. The molecule has 0 spiro atoms. The lowest BCUT2D eigenvalue weighted by molar-refractivity contribution is -0.126. The number of halogens is 1. The average molecular weight is 382 g/mol. The quantitative estimate of drug-likeness (QED) is 0.796. The van der Waals surface area contributed by atoms with Gasteiger partial charge in [0.05, 0.1) is 6.04 Å². The molecule has 25 heavy (non-hydrogen) atoms. The van der Waals surface area contributed by atoms with Crippen LogP contribution < -0.4 is 5.32 Å². The summed E-state index contributed by atoms with van der Waals surface area (Å²) in [5.41, 5.74) is 1.06. The minimum absolute atomic E-state index is 0.0383. The van der Waals surface area contributed by atoms with Gasteiger partial charge in [-0.3, -0.25) is 14.5 Å². The Morgan fingerprint density at radius 2 is 2.20 bits per heavy atom. The fourth-order valence-electron chi connectivity index (χ4n) is 3.07. The highest BCUT2D eigenvalue weighted by atomic mass is 35.5. The van der Waals surface area contributed by atoms with Gasteiger partial charge in [-0.15, -0.1) is 11.8 Å². The molecule has 0 aliphatic carbocycles. The number of nitrogens with zero attached hydrogens (tertiary/aromatic N) is 2. The number of fused-ring (bicyclic) bond motifs is 1. The number of urea groups is 1. The number of rotatable bonds is 5. The van der Waals surface area contributed by atoms with Gasteiger partial charge < -0.3 is 10.2 Å². The molecule has 4 amide bonds. The van der Waals surface area contributed by atoms with Gasteiger partial charge in [0.15, 0.2) is 0 Å². The minimum atomic E-state index is -0.293. The molecule has 1 unspecified atom stereocenters. The van der Waals surface area contributed by atoms with Crippen LogP contribution in [0.5, 0.6) is 0 Å². The van der Waals surface area contributed by atoms with Crippen molar-refractivity contribution in [3.05, 3.63) is 28.8 Å². The zero-order chi connectivity index (χ0) is 18.0. The van der Waals surface area contributed by atoms with Crippen LogP contribution in [0.25, 0.3) is 0 Å². The SMILES string of the molecule is CN1CC(=O)N(CCCC(=O)NC2CCSc3ccc(Cl)cc32)C1=O. The predicted molar refractivity (Wildman–Crippen MR) is 96.6 cm³/mol. The van der Waals surface area contributed by atoms with Crippen LogP contribution in [0.4, 0.5) is 4.79 Å². The Balaban J connectivity index is 1.52. The van der Waals surface area contributed by atoms with Crippen LogP contribution >= 0.6 is 23.4 Å². The zero-order valence-electron chi connectivity index (χ0n) is 14.0. The lowest BCUT2D eigenvalue weighted by Crippen LogP contribution is -2.34. The van der Waals surface area contributed by atoms with E-state index in [-0.39, 0.29) is 43.4 Å². The molecule has 1 fully saturated rings. The Labute approximate surface area is 155 Å². The number of likely N-dealkylation sites (N-methyl/N-ethyl adjacent to an activating group) is 1. The van der Waals surface area contributed by atoms with Crippen LogP contribution in [-0.2, 0) is 9.59 Å². The van der Waals surface area contributed by atoms with E-state index in [1.54, 1.807) is 18.8 Å². The number of thioether (sulfide) groups is 1. The Hall–Kier alpha value is -1.73. The van der Waals surface area contributed by atoms with Crippen LogP contribution in [0.2, 0.25) is 5.02 Å². The maximum Gasteiger partial charge on any atom is 0.326 e. The molecule has 0 aromatic heterocycles. The van der Waals surface area contributed by atoms with Crippen molar-refractivity contribution in [2.45, 2.75) is 30.2 Å². The Bertz CT molecular complexity index is 712. The van der Waals surface area contributed by atoms with Crippen LogP contribution in [0.15, 0.2) is 23.1 Å². The van der Waals surface area contributed by atoms with Gasteiger partial charge in [-0.05, 0) is 36.6 Å². The number of hydrogen-bond donors (Lipinski definition) is 1. The van der Waals surface area contributed by atoms with E-state index in [2.05, 4.69) is 5.32 Å². The van der Waals surface area contributed by atoms with Crippen molar-refractivity contribution in [1.82, 2.24) is 15.1 Å². The number of carbonyl (C=O) groups excluding carboxylic acids is 3. The van der Waals surface area contributed by atoms with Crippen molar-refractivity contribution in [2.75, 3.05) is 25.9 Å². The summed E-state index contributed by atoms with van der Waals surface area (Å²) in [5.74, 6) is 0.666. The Morgan fingerprint density at radius 3 is 2.92 bits per heavy atom. The Kier molecular flexibility index (Phi) is 5.54. The third-order valence-corrected chi connectivity index (χ3v) is 5.72. The summed E-state index contributed by atoms with van der Waals surface area (Å²) in [5, 5.41) is 3.71. The second-order valence-corrected chi connectivity index (χ2v) is 7.80. The summed E-state index contributed by atoms with van der Waals surface area (Å²) in [7, 11) is 1.59. The van der Waals surface area contributed by atoms with Gasteiger partial charge >= 0.3 is 6.03 Å². The third-order valence-electron chi connectivity index (χ3n) is 4.36. The van der Waals surface area contributed by atoms with Gasteiger partial charge in [-0.2, -0.15) is 0 Å². The maximum absolute atomic E-state index is 12.3. The van der Waals surface area contributed by atoms with Crippen molar-refractivity contribution < 1.29 is 14.4 Å². The molecule has 1 saturated heterocycles. The average Bonchev–Trinajstić information content (AvgIpc) is 2.81. The lowest BCUT2D eigenvalue weighted by atomic mass is 10.0. The van der Waals surface area contributed by atoms with E-state index in [1.807, 2.05) is 18.2 Å². The summed E-state index contributed by atoms with van der Waals surface area (Å²) >= 11 is 7.85. The molecule has 3 rings (SSSR count). The van der Waals surface area contributed by atoms with Gasteiger partial charge in [0, 0.05) is 35.7 Å². The highest BCUT2D eigenvalue weighted by Crippen LogP contribution is 2.37. The molecule has 6 nitrogen and oxygen atoms in total. The van der Waals surface area contributed by atoms with Crippen LogP contribution in [0.3, 0.4) is 0 Å². The molecule has 134 valence electrons. The normalized spacial score (nSPS) is 20.0. The standard InChI is InChI=1S/C17H20ClN3O3S/c1-20-10-16(23)21(17(20)24)7-2-3-15(22)19-13-6-8-25-14-5-4-11(18)9-12(13)14/h4-5,9,13H,2-3,6-8,10H2,1H3,(H,19,22). The minimum Gasteiger partial charge on any atom is -0.349 e. The fourth-order valence-corrected chi connectivity index (χ4v) is 4.35. The smallest absolute Gasteiger partial charge is 0.326 e. The van der Waals surface area contributed by atoms with E-state index < -0.39 is 0 Å². The van der Waals surface area contributed by atoms with E-state index in [0.29, 0.717) is 11.4 Å². The lowest BCUT2D eigenvalue weighted by Gasteiger charge is -2.26. The topological polar surface area (TPSA) is 69.7 Å². The first-order chi connectivity index (χ1) is 12.0. The Morgan fingerprint density at radius 1 is 1.40 bits per heavy atom. The van der Waals surface area contributed by atoms with Gasteiger partial charge in [0.2, 0.25) is 11.8 Å². The maximum atomic E-state index is 12.3. The zero-order valence-corrected chi connectivity index (χ0v) is 15.5. The summed E-state index contributed by atoms with van der Waals surface area (Å²) < 4.78 is 0. The van der Waals surface area contributed by atoms with E-state index in [4.69, 9.17) is 11.6 Å². The second kappa shape index (κ2) is 7.66. The van der Waals surface area contributed by atoms with Gasteiger partial charge in [-0.25, -0.2) is 4.79 Å². The van der Waals surface area contributed by atoms with Crippen LogP contribution in [0, 0.1) is 0 Å². The number of carbonyl (C=O) groups is 3. The monoisotopic (exact) mass is 381 g/mol. The number of imide groups is 1. The first kappa shape index (κ1) is 18.1. The van der Waals surface area contributed by atoms with Crippen molar-refractivity contribution in [3.63, 3.8) is 0 Å². The molecule has 1 aromatic carbocycles. The molecule has 2 aliphatic rings. The molecular formula is C17H20ClN3O3S. The van der Waals surface area contributed by atoms with Gasteiger partial charge in [0.25, 0.3) is 0 Å². The largest absolute Gasteiger partial charge is 0.349 e.